The van der Waals surface area contributed by atoms with Crippen molar-refractivity contribution in [2.45, 2.75) is 26.9 Å². The molecule has 0 spiro atoms. The van der Waals surface area contributed by atoms with Crippen molar-refractivity contribution in [3.05, 3.63) is 99.6 Å². The fourth-order valence-corrected chi connectivity index (χ4v) is 3.53. The lowest BCUT2D eigenvalue weighted by atomic mass is 9.99. The zero-order chi connectivity index (χ0) is 22.0. The van der Waals surface area contributed by atoms with Gasteiger partial charge in [-0.05, 0) is 49.2 Å². The summed E-state index contributed by atoms with van der Waals surface area (Å²) < 4.78 is 14.3. The normalized spacial score (nSPS) is 10.9. The molecule has 4 aromatic rings. The molecule has 5 nitrogen and oxygen atoms in total. The third-order valence-corrected chi connectivity index (χ3v) is 5.21. The number of carbonyl (C=O) groups is 1. The van der Waals surface area contributed by atoms with Gasteiger partial charge < -0.3 is 5.32 Å². The topological polar surface area (TPSA) is 64.0 Å². The van der Waals surface area contributed by atoms with Gasteiger partial charge in [0.25, 0.3) is 5.56 Å². The monoisotopic (exact) mass is 415 g/mol. The molecule has 4 rings (SSSR count). The molecule has 3 aromatic carbocycles. The van der Waals surface area contributed by atoms with Gasteiger partial charge in [-0.15, -0.1) is 0 Å². The van der Waals surface area contributed by atoms with E-state index < -0.39 is 0 Å². The van der Waals surface area contributed by atoms with Gasteiger partial charge in [0.2, 0.25) is 5.91 Å². The van der Waals surface area contributed by atoms with Crippen LogP contribution in [0.1, 0.15) is 16.7 Å². The molecule has 0 aliphatic rings. The molecule has 0 unspecified atom stereocenters. The number of fused-ring (bicyclic) bond motifs is 1. The summed E-state index contributed by atoms with van der Waals surface area (Å²) >= 11 is 0. The predicted molar refractivity (Wildman–Crippen MR) is 119 cm³/mol. The number of halogens is 1. The van der Waals surface area contributed by atoms with E-state index in [1.807, 2.05) is 44.2 Å². The lowest BCUT2D eigenvalue weighted by molar-refractivity contribution is -0.122. The second-order valence-corrected chi connectivity index (χ2v) is 7.58. The summed E-state index contributed by atoms with van der Waals surface area (Å²) in [5.74, 6) is -0.679. The third-order valence-electron chi connectivity index (χ3n) is 5.21. The molecule has 0 fully saturated rings. The minimum Gasteiger partial charge on any atom is -0.350 e. The van der Waals surface area contributed by atoms with E-state index in [9.17, 15) is 14.0 Å². The van der Waals surface area contributed by atoms with E-state index in [0.29, 0.717) is 11.1 Å². The number of nitrogens with one attached hydrogen (secondary N) is 1. The van der Waals surface area contributed by atoms with E-state index >= 15 is 0 Å². The van der Waals surface area contributed by atoms with Crippen LogP contribution in [0, 0.1) is 19.7 Å². The molecule has 0 aliphatic carbocycles. The Morgan fingerprint density at radius 3 is 2.45 bits per heavy atom. The Morgan fingerprint density at radius 1 is 1.00 bits per heavy atom. The summed E-state index contributed by atoms with van der Waals surface area (Å²) in [4.78, 5) is 25.5. The summed E-state index contributed by atoms with van der Waals surface area (Å²) in [7, 11) is 0. The van der Waals surface area contributed by atoms with E-state index in [1.165, 1.54) is 16.8 Å². The van der Waals surface area contributed by atoms with Crippen molar-refractivity contribution in [2.24, 2.45) is 0 Å². The Hall–Kier alpha value is -3.80. The first-order valence-corrected chi connectivity index (χ1v) is 10.0. The largest absolute Gasteiger partial charge is 0.350 e. The Bertz CT molecular complexity index is 1330. The van der Waals surface area contributed by atoms with E-state index in [2.05, 4.69) is 10.4 Å². The van der Waals surface area contributed by atoms with Crippen LogP contribution in [0.2, 0.25) is 0 Å². The highest BCUT2D eigenvalue weighted by atomic mass is 19.1. The summed E-state index contributed by atoms with van der Waals surface area (Å²) in [5.41, 5.74) is 4.17. The smallest absolute Gasteiger partial charge is 0.275 e. The molecule has 0 aliphatic heterocycles. The average Bonchev–Trinajstić information content (AvgIpc) is 2.77. The molecule has 1 amide bonds. The van der Waals surface area contributed by atoms with Gasteiger partial charge >= 0.3 is 0 Å². The van der Waals surface area contributed by atoms with Crippen molar-refractivity contribution in [1.82, 2.24) is 15.1 Å². The molecule has 0 atom stereocenters. The van der Waals surface area contributed by atoms with Crippen LogP contribution in [0.15, 0.2) is 71.5 Å². The summed E-state index contributed by atoms with van der Waals surface area (Å²) in [6.45, 7) is 4.04. The Morgan fingerprint density at radius 2 is 1.71 bits per heavy atom. The van der Waals surface area contributed by atoms with Crippen molar-refractivity contribution >= 4 is 16.7 Å². The first kappa shape index (κ1) is 20.5. The second kappa shape index (κ2) is 8.52. The van der Waals surface area contributed by atoms with Gasteiger partial charge in [0.05, 0.1) is 11.1 Å². The highest BCUT2D eigenvalue weighted by molar-refractivity contribution is 5.94. The number of benzene rings is 3. The number of aromatic nitrogens is 2. The van der Waals surface area contributed by atoms with E-state index in [-0.39, 0.29) is 30.4 Å². The molecule has 0 saturated carbocycles. The highest BCUT2D eigenvalue weighted by Crippen LogP contribution is 2.28. The van der Waals surface area contributed by atoms with Crippen molar-refractivity contribution in [1.29, 1.82) is 0 Å². The summed E-state index contributed by atoms with van der Waals surface area (Å²) in [6, 6.07) is 19.3. The van der Waals surface area contributed by atoms with Crippen molar-refractivity contribution < 1.29 is 9.18 Å². The van der Waals surface area contributed by atoms with Crippen LogP contribution >= 0.6 is 0 Å². The van der Waals surface area contributed by atoms with Crippen LogP contribution < -0.4 is 10.9 Å². The Labute approximate surface area is 179 Å². The van der Waals surface area contributed by atoms with Crippen LogP contribution in [-0.2, 0) is 17.9 Å². The standard InChI is InChI=1S/C25H22FN3O2/c1-16-7-8-17(2)22(13-16)24-20-5-3-4-6-21(20)25(31)29(28-24)15-23(30)27-14-18-9-11-19(26)12-10-18/h3-13H,14-15H2,1-2H3,(H,27,30). The number of amides is 1. The maximum Gasteiger partial charge on any atom is 0.275 e. The van der Waals surface area contributed by atoms with Crippen molar-refractivity contribution in [3.8, 4) is 11.3 Å². The van der Waals surface area contributed by atoms with Gasteiger partial charge in [0.1, 0.15) is 12.4 Å². The highest BCUT2D eigenvalue weighted by Gasteiger charge is 2.15. The molecule has 1 N–H and O–H groups in total. The van der Waals surface area contributed by atoms with Gasteiger partial charge in [-0.1, -0.05) is 48.0 Å². The first-order valence-electron chi connectivity index (χ1n) is 10.0. The molecule has 0 bridgehead atoms. The fourth-order valence-electron chi connectivity index (χ4n) is 3.53. The molecule has 1 heterocycles. The minimum absolute atomic E-state index is 0.206. The SMILES string of the molecule is Cc1ccc(C)c(-c2nn(CC(=O)NCc3ccc(F)cc3)c(=O)c3ccccc23)c1. The fraction of sp³-hybridized carbons (Fsp3) is 0.160. The van der Waals surface area contributed by atoms with Crippen molar-refractivity contribution in [3.63, 3.8) is 0 Å². The van der Waals surface area contributed by atoms with Crippen LogP contribution in [-0.4, -0.2) is 15.7 Å². The van der Waals surface area contributed by atoms with Crippen LogP contribution in [0.4, 0.5) is 4.39 Å². The summed E-state index contributed by atoms with van der Waals surface area (Å²) in [6.07, 6.45) is 0. The van der Waals surface area contributed by atoms with E-state index in [4.69, 9.17) is 0 Å². The van der Waals surface area contributed by atoms with Crippen LogP contribution in [0.5, 0.6) is 0 Å². The van der Waals surface area contributed by atoms with Gasteiger partial charge in [-0.3, -0.25) is 9.59 Å². The summed E-state index contributed by atoms with van der Waals surface area (Å²) in [5, 5.41) is 8.60. The van der Waals surface area contributed by atoms with E-state index in [1.54, 1.807) is 24.3 Å². The number of rotatable bonds is 5. The Balaban J connectivity index is 1.68. The number of hydrogen-bond donors (Lipinski definition) is 1. The maximum absolute atomic E-state index is 13.0. The lowest BCUT2D eigenvalue weighted by Gasteiger charge is -2.13. The van der Waals surface area contributed by atoms with Gasteiger partial charge in [0.15, 0.2) is 0 Å². The molecule has 6 heteroatoms. The van der Waals surface area contributed by atoms with E-state index in [0.717, 1.165) is 27.6 Å². The molecule has 0 radical (unpaired) electrons. The lowest BCUT2D eigenvalue weighted by Crippen LogP contribution is -2.33. The van der Waals surface area contributed by atoms with Crippen LogP contribution in [0.25, 0.3) is 22.0 Å². The van der Waals surface area contributed by atoms with Gasteiger partial charge in [-0.25, -0.2) is 9.07 Å². The number of nitrogens with zero attached hydrogens (tertiary/aromatic N) is 2. The second-order valence-electron chi connectivity index (χ2n) is 7.58. The third kappa shape index (κ3) is 4.38. The molecule has 0 saturated heterocycles. The Kier molecular flexibility index (Phi) is 5.62. The first-order chi connectivity index (χ1) is 14.9. The number of hydrogen-bond acceptors (Lipinski definition) is 3. The van der Waals surface area contributed by atoms with Gasteiger partial charge in [0, 0.05) is 17.5 Å². The average molecular weight is 415 g/mol. The van der Waals surface area contributed by atoms with Crippen LogP contribution in [0.3, 0.4) is 0 Å². The molecule has 156 valence electrons. The molecule has 31 heavy (non-hydrogen) atoms. The molecular weight excluding hydrogens is 393 g/mol. The number of carbonyl (C=O) groups excluding carboxylic acids is 1. The predicted octanol–water partition coefficient (Wildman–Crippen LogP) is 4.14. The zero-order valence-electron chi connectivity index (χ0n) is 17.4. The minimum atomic E-state index is -0.346. The maximum atomic E-state index is 13.0. The molecular formula is C25H22FN3O2. The molecule has 1 aromatic heterocycles. The zero-order valence-corrected chi connectivity index (χ0v) is 17.4. The van der Waals surface area contributed by atoms with Gasteiger partial charge in [-0.2, -0.15) is 5.10 Å². The van der Waals surface area contributed by atoms with Crippen molar-refractivity contribution in [2.75, 3.05) is 0 Å². The number of aryl methyl sites for hydroxylation is 2. The quantitative estimate of drug-likeness (QED) is 0.533.